The number of rotatable bonds is 5. The maximum Gasteiger partial charge on any atom is 0.573 e. The van der Waals surface area contributed by atoms with E-state index in [0.717, 1.165) is 18.6 Å². The van der Waals surface area contributed by atoms with Gasteiger partial charge in [0.2, 0.25) is 5.91 Å². The van der Waals surface area contributed by atoms with Crippen molar-refractivity contribution in [1.82, 2.24) is 4.90 Å². The van der Waals surface area contributed by atoms with Crippen LogP contribution in [0.3, 0.4) is 0 Å². The fourth-order valence-electron chi connectivity index (χ4n) is 2.25. The molecule has 6 nitrogen and oxygen atoms in total. The summed E-state index contributed by atoms with van der Waals surface area (Å²) in [6, 6.07) is 4.73. The number of nitrogens with zero attached hydrogens (tertiary/aromatic N) is 1. The number of alkyl halides is 3. The average Bonchev–Trinajstić information content (AvgIpc) is 3.01. The molecule has 0 spiro atoms. The molecule has 132 valence electrons. The summed E-state index contributed by atoms with van der Waals surface area (Å²) in [6.07, 6.45) is -3.84. The van der Waals surface area contributed by atoms with Crippen molar-refractivity contribution >= 4 is 17.5 Å². The van der Waals surface area contributed by atoms with E-state index in [1.54, 1.807) is 0 Å². The molecule has 1 atom stereocenters. The highest BCUT2D eigenvalue weighted by molar-refractivity contribution is 5.95. The molecular formula is C15H17F3N2O4. The lowest BCUT2D eigenvalue weighted by atomic mass is 10.2. The van der Waals surface area contributed by atoms with Gasteiger partial charge in [0.1, 0.15) is 11.9 Å². The normalized spacial score (nSPS) is 17.4. The number of likely N-dealkylation sites (N-methyl/N-ethyl adjacent to an activating group) is 1. The van der Waals surface area contributed by atoms with Gasteiger partial charge < -0.3 is 19.7 Å². The lowest BCUT2D eigenvalue weighted by Crippen LogP contribution is -2.40. The van der Waals surface area contributed by atoms with Crippen molar-refractivity contribution in [3.63, 3.8) is 0 Å². The second-order valence-electron chi connectivity index (χ2n) is 5.32. The van der Waals surface area contributed by atoms with Crippen molar-refractivity contribution in [2.24, 2.45) is 0 Å². The first-order chi connectivity index (χ1) is 11.2. The monoisotopic (exact) mass is 346 g/mol. The summed E-state index contributed by atoms with van der Waals surface area (Å²) in [5.74, 6) is -1.11. The Bertz CT molecular complexity index is 583. The fourth-order valence-corrected chi connectivity index (χ4v) is 2.25. The average molecular weight is 346 g/mol. The smallest absolute Gasteiger partial charge is 0.406 e. The van der Waals surface area contributed by atoms with Crippen molar-refractivity contribution in [3.05, 3.63) is 24.3 Å². The molecule has 1 N–H and O–H groups in total. The quantitative estimate of drug-likeness (QED) is 0.887. The summed E-state index contributed by atoms with van der Waals surface area (Å²) in [4.78, 5) is 25.2. The molecule has 2 amide bonds. The minimum Gasteiger partial charge on any atom is -0.406 e. The molecule has 1 aromatic rings. The largest absolute Gasteiger partial charge is 0.573 e. The Morgan fingerprint density at radius 1 is 1.33 bits per heavy atom. The van der Waals surface area contributed by atoms with Crippen LogP contribution < -0.4 is 10.1 Å². The molecule has 0 aliphatic carbocycles. The van der Waals surface area contributed by atoms with Gasteiger partial charge in [-0.15, -0.1) is 13.2 Å². The third-order valence-electron chi connectivity index (χ3n) is 3.33. The number of halogens is 3. The first-order valence-electron chi connectivity index (χ1n) is 7.27. The first kappa shape index (κ1) is 18.1. The van der Waals surface area contributed by atoms with Crippen LogP contribution in [0.5, 0.6) is 5.75 Å². The second-order valence-corrected chi connectivity index (χ2v) is 5.32. The predicted octanol–water partition coefficient (Wildman–Crippen LogP) is 2.16. The number of ether oxygens (including phenoxy) is 2. The molecule has 9 heteroatoms. The number of hydrogen-bond acceptors (Lipinski definition) is 4. The molecule has 0 saturated carbocycles. The minimum atomic E-state index is -4.77. The summed E-state index contributed by atoms with van der Waals surface area (Å²) < 4.78 is 45.2. The molecular weight excluding hydrogens is 329 g/mol. The van der Waals surface area contributed by atoms with Gasteiger partial charge in [-0.2, -0.15) is 0 Å². The van der Waals surface area contributed by atoms with Crippen molar-refractivity contribution < 1.29 is 32.2 Å². The second kappa shape index (κ2) is 7.52. The van der Waals surface area contributed by atoms with Gasteiger partial charge in [-0.3, -0.25) is 9.59 Å². The Kier molecular flexibility index (Phi) is 5.66. The van der Waals surface area contributed by atoms with Crippen molar-refractivity contribution in [2.75, 3.05) is 25.5 Å². The number of carbonyl (C=O) groups is 2. The summed E-state index contributed by atoms with van der Waals surface area (Å²) in [7, 11) is 1.49. The zero-order valence-corrected chi connectivity index (χ0v) is 12.9. The molecule has 0 radical (unpaired) electrons. The van der Waals surface area contributed by atoms with Crippen LogP contribution in [-0.2, 0) is 14.3 Å². The highest BCUT2D eigenvalue weighted by atomic mass is 19.4. The van der Waals surface area contributed by atoms with Crippen LogP contribution in [0, 0.1) is 0 Å². The standard InChI is InChI=1S/C15H17F3N2O4/c1-20(14(22)12-3-2-8-23-12)9-13(21)19-10-4-6-11(7-5-10)24-15(16,17)18/h4-7,12H,2-3,8-9H2,1H3,(H,19,21)/t12-/m1/s1. The van der Waals surface area contributed by atoms with Crippen LogP contribution >= 0.6 is 0 Å². The number of amides is 2. The Labute approximate surface area is 136 Å². The zero-order chi connectivity index (χ0) is 17.7. The highest BCUT2D eigenvalue weighted by Gasteiger charge is 2.31. The van der Waals surface area contributed by atoms with Crippen LogP contribution in [0.25, 0.3) is 0 Å². The third kappa shape index (κ3) is 5.41. The SMILES string of the molecule is CN(CC(=O)Nc1ccc(OC(F)(F)F)cc1)C(=O)[C@H]1CCCO1. The van der Waals surface area contributed by atoms with E-state index < -0.39 is 18.4 Å². The number of benzene rings is 1. The Balaban J connectivity index is 1.84. The Morgan fingerprint density at radius 3 is 2.54 bits per heavy atom. The van der Waals surface area contributed by atoms with Gasteiger partial charge in [0.25, 0.3) is 5.91 Å². The first-order valence-corrected chi connectivity index (χ1v) is 7.27. The van der Waals surface area contributed by atoms with Crippen molar-refractivity contribution in [1.29, 1.82) is 0 Å². The molecule has 1 saturated heterocycles. The maximum atomic E-state index is 12.1. The molecule has 1 heterocycles. The number of hydrogen-bond donors (Lipinski definition) is 1. The lowest BCUT2D eigenvalue weighted by Gasteiger charge is -2.20. The fraction of sp³-hybridized carbons (Fsp3) is 0.467. The minimum absolute atomic E-state index is 0.181. The molecule has 24 heavy (non-hydrogen) atoms. The number of nitrogens with one attached hydrogen (secondary N) is 1. The van der Waals surface area contributed by atoms with Crippen LogP contribution in [0.15, 0.2) is 24.3 Å². The van der Waals surface area contributed by atoms with E-state index in [1.807, 2.05) is 0 Å². The molecule has 0 aromatic heterocycles. The highest BCUT2D eigenvalue weighted by Crippen LogP contribution is 2.24. The van der Waals surface area contributed by atoms with E-state index in [0.29, 0.717) is 18.7 Å². The van der Waals surface area contributed by atoms with E-state index in [1.165, 1.54) is 24.1 Å². The Hall–Kier alpha value is -2.29. The van der Waals surface area contributed by atoms with Gasteiger partial charge in [-0.1, -0.05) is 0 Å². The molecule has 1 aliphatic heterocycles. The van der Waals surface area contributed by atoms with Gasteiger partial charge in [0.15, 0.2) is 0 Å². The lowest BCUT2D eigenvalue weighted by molar-refractivity contribution is -0.274. The molecule has 1 fully saturated rings. The van der Waals surface area contributed by atoms with E-state index in [-0.39, 0.29) is 18.2 Å². The Morgan fingerprint density at radius 2 is 2.00 bits per heavy atom. The number of anilines is 1. The molecule has 1 aromatic carbocycles. The summed E-state index contributed by atoms with van der Waals surface area (Å²) in [6.45, 7) is 0.349. The van der Waals surface area contributed by atoms with Gasteiger partial charge >= 0.3 is 6.36 Å². The molecule has 2 rings (SSSR count). The summed E-state index contributed by atoms with van der Waals surface area (Å²) in [5, 5.41) is 2.50. The predicted molar refractivity (Wildman–Crippen MR) is 78.4 cm³/mol. The van der Waals surface area contributed by atoms with E-state index in [4.69, 9.17) is 4.74 Å². The van der Waals surface area contributed by atoms with Crippen molar-refractivity contribution in [2.45, 2.75) is 25.3 Å². The van der Waals surface area contributed by atoms with Crippen LogP contribution in [0.1, 0.15) is 12.8 Å². The van der Waals surface area contributed by atoms with Crippen LogP contribution in [-0.4, -0.2) is 49.4 Å². The summed E-state index contributed by atoms with van der Waals surface area (Å²) >= 11 is 0. The summed E-state index contributed by atoms with van der Waals surface area (Å²) in [5.41, 5.74) is 0.299. The van der Waals surface area contributed by atoms with E-state index in [9.17, 15) is 22.8 Å². The zero-order valence-electron chi connectivity index (χ0n) is 12.9. The van der Waals surface area contributed by atoms with Gasteiger partial charge in [-0.25, -0.2) is 0 Å². The van der Waals surface area contributed by atoms with Crippen LogP contribution in [0.4, 0.5) is 18.9 Å². The van der Waals surface area contributed by atoms with E-state index >= 15 is 0 Å². The van der Waals surface area contributed by atoms with Crippen molar-refractivity contribution in [3.8, 4) is 5.75 Å². The van der Waals surface area contributed by atoms with Gasteiger partial charge in [-0.05, 0) is 37.1 Å². The van der Waals surface area contributed by atoms with E-state index in [2.05, 4.69) is 10.1 Å². The van der Waals surface area contributed by atoms with Gasteiger partial charge in [0.05, 0.1) is 6.54 Å². The third-order valence-corrected chi connectivity index (χ3v) is 3.33. The topological polar surface area (TPSA) is 67.9 Å². The number of carbonyl (C=O) groups excluding carboxylic acids is 2. The van der Waals surface area contributed by atoms with Gasteiger partial charge in [0, 0.05) is 19.3 Å². The molecule has 0 unspecified atom stereocenters. The molecule has 0 bridgehead atoms. The maximum absolute atomic E-state index is 12.1. The molecule has 1 aliphatic rings. The van der Waals surface area contributed by atoms with Crippen LogP contribution in [0.2, 0.25) is 0 Å².